The van der Waals surface area contributed by atoms with Crippen LogP contribution in [0.2, 0.25) is 0 Å². The zero-order valence-corrected chi connectivity index (χ0v) is 14.2. The molecule has 0 unspecified atom stereocenters. The minimum Gasteiger partial charge on any atom is -0.343 e. The van der Waals surface area contributed by atoms with Crippen LogP contribution >= 0.6 is 0 Å². The van der Waals surface area contributed by atoms with Crippen molar-refractivity contribution in [2.24, 2.45) is 0 Å². The Bertz CT molecular complexity index is 307. The minimum absolute atomic E-state index is 1.14. The van der Waals surface area contributed by atoms with E-state index in [9.17, 15) is 0 Å². The van der Waals surface area contributed by atoms with Gasteiger partial charge >= 0.3 is 0 Å². The van der Waals surface area contributed by atoms with Crippen molar-refractivity contribution in [3.8, 4) is 0 Å². The number of hydrogen-bond acceptors (Lipinski definition) is 0. The van der Waals surface area contributed by atoms with Crippen LogP contribution in [0.3, 0.4) is 0 Å². The largest absolute Gasteiger partial charge is 0.343 e. The lowest BCUT2D eigenvalue weighted by Gasteiger charge is -2.03. The Morgan fingerprint density at radius 1 is 0.667 bits per heavy atom. The van der Waals surface area contributed by atoms with Gasteiger partial charge in [0.15, 0.2) is 0 Å². The van der Waals surface area contributed by atoms with E-state index in [0.29, 0.717) is 0 Å². The normalized spacial score (nSPS) is 10.9. The quantitative estimate of drug-likeness (QED) is 0.461. The highest BCUT2D eigenvalue weighted by Gasteiger charge is 1.96. The molecule has 0 saturated heterocycles. The average Bonchev–Trinajstić information content (AvgIpc) is 2.53. The SMILES string of the molecule is CCCCCCCCCCCCC[NH2+]Cc1ccccc1. The Morgan fingerprint density at radius 2 is 1.19 bits per heavy atom. The van der Waals surface area contributed by atoms with Crippen LogP contribution < -0.4 is 5.32 Å². The molecule has 2 N–H and O–H groups in total. The van der Waals surface area contributed by atoms with Gasteiger partial charge < -0.3 is 5.32 Å². The molecule has 1 aromatic carbocycles. The summed E-state index contributed by atoms with van der Waals surface area (Å²) in [5, 5.41) is 2.45. The lowest BCUT2D eigenvalue weighted by molar-refractivity contribution is -0.671. The third kappa shape index (κ3) is 11.5. The van der Waals surface area contributed by atoms with Crippen LogP contribution in [0.15, 0.2) is 30.3 Å². The van der Waals surface area contributed by atoms with Crippen molar-refractivity contribution in [1.82, 2.24) is 0 Å². The smallest absolute Gasteiger partial charge is 0.101 e. The topological polar surface area (TPSA) is 16.6 Å². The Hall–Kier alpha value is -0.820. The molecule has 0 atom stereocenters. The Labute approximate surface area is 132 Å². The van der Waals surface area contributed by atoms with E-state index in [1.807, 2.05) is 0 Å². The highest BCUT2D eigenvalue weighted by atomic mass is 14.8. The molecule has 0 spiro atoms. The third-order valence-electron chi connectivity index (χ3n) is 4.23. The van der Waals surface area contributed by atoms with Crippen LogP contribution in [-0.4, -0.2) is 6.54 Å². The van der Waals surface area contributed by atoms with Gasteiger partial charge in [-0.15, -0.1) is 0 Å². The van der Waals surface area contributed by atoms with Crippen molar-refractivity contribution < 1.29 is 5.32 Å². The molecule has 1 rings (SSSR count). The van der Waals surface area contributed by atoms with Gasteiger partial charge in [0.05, 0.1) is 6.54 Å². The van der Waals surface area contributed by atoms with Gasteiger partial charge in [-0.1, -0.05) is 95.0 Å². The van der Waals surface area contributed by atoms with Gasteiger partial charge in [-0.05, 0) is 12.8 Å². The number of quaternary nitrogens is 1. The van der Waals surface area contributed by atoms with Crippen molar-refractivity contribution in [3.05, 3.63) is 35.9 Å². The lowest BCUT2D eigenvalue weighted by Crippen LogP contribution is -2.82. The fourth-order valence-corrected chi connectivity index (χ4v) is 2.84. The maximum atomic E-state index is 2.45. The first-order valence-electron chi connectivity index (χ1n) is 9.29. The summed E-state index contributed by atoms with van der Waals surface area (Å²) in [4.78, 5) is 0. The zero-order chi connectivity index (χ0) is 15.0. The number of rotatable bonds is 14. The van der Waals surface area contributed by atoms with Gasteiger partial charge in [0.25, 0.3) is 0 Å². The molecule has 1 nitrogen and oxygen atoms in total. The Balaban J connectivity index is 1.75. The lowest BCUT2D eigenvalue weighted by atomic mass is 10.1. The molecule has 0 aromatic heterocycles. The van der Waals surface area contributed by atoms with Crippen LogP contribution in [0.4, 0.5) is 0 Å². The summed E-state index contributed by atoms with van der Waals surface area (Å²) < 4.78 is 0. The Morgan fingerprint density at radius 3 is 1.76 bits per heavy atom. The van der Waals surface area contributed by atoms with Gasteiger partial charge in [0.1, 0.15) is 6.54 Å². The second-order valence-corrected chi connectivity index (χ2v) is 6.30. The summed E-state index contributed by atoms with van der Waals surface area (Å²) >= 11 is 0. The molecule has 0 fully saturated rings. The summed E-state index contributed by atoms with van der Waals surface area (Å²) in [7, 11) is 0. The van der Waals surface area contributed by atoms with E-state index in [1.165, 1.54) is 82.7 Å². The van der Waals surface area contributed by atoms with Crippen LogP contribution in [0.5, 0.6) is 0 Å². The third-order valence-corrected chi connectivity index (χ3v) is 4.23. The predicted octanol–water partition coefficient (Wildman–Crippen LogP) is 5.06. The fourth-order valence-electron chi connectivity index (χ4n) is 2.84. The summed E-state index contributed by atoms with van der Waals surface area (Å²) in [5.41, 5.74) is 1.44. The van der Waals surface area contributed by atoms with E-state index in [2.05, 4.69) is 42.6 Å². The van der Waals surface area contributed by atoms with Gasteiger partial charge in [-0.25, -0.2) is 0 Å². The molecule has 0 aliphatic heterocycles. The van der Waals surface area contributed by atoms with Gasteiger partial charge in [0, 0.05) is 5.56 Å². The maximum absolute atomic E-state index is 2.45. The molecule has 21 heavy (non-hydrogen) atoms. The zero-order valence-electron chi connectivity index (χ0n) is 14.2. The van der Waals surface area contributed by atoms with Crippen molar-refractivity contribution in [2.45, 2.75) is 84.1 Å². The first-order valence-corrected chi connectivity index (χ1v) is 9.29. The average molecular weight is 291 g/mol. The van der Waals surface area contributed by atoms with E-state index in [1.54, 1.807) is 0 Å². The second kappa shape index (κ2) is 14.1. The summed E-state index contributed by atoms with van der Waals surface area (Å²) in [5.74, 6) is 0. The highest BCUT2D eigenvalue weighted by molar-refractivity contribution is 5.12. The molecule has 1 heteroatoms. The molecule has 0 heterocycles. The maximum Gasteiger partial charge on any atom is 0.101 e. The van der Waals surface area contributed by atoms with Crippen molar-refractivity contribution >= 4 is 0 Å². The summed E-state index contributed by atoms with van der Waals surface area (Å²) in [6.45, 7) is 4.71. The van der Waals surface area contributed by atoms with Gasteiger partial charge in [-0.3, -0.25) is 0 Å². The number of hydrogen-bond donors (Lipinski definition) is 1. The first kappa shape index (κ1) is 18.2. The van der Waals surface area contributed by atoms with E-state index < -0.39 is 0 Å². The van der Waals surface area contributed by atoms with Crippen LogP contribution in [0.25, 0.3) is 0 Å². The molecule has 0 aliphatic carbocycles. The van der Waals surface area contributed by atoms with Crippen molar-refractivity contribution in [2.75, 3.05) is 6.54 Å². The van der Waals surface area contributed by atoms with Crippen molar-refractivity contribution in [3.63, 3.8) is 0 Å². The molecular formula is C20H36N+. The Kier molecular flexibility index (Phi) is 12.3. The molecule has 0 saturated carbocycles. The molecule has 120 valence electrons. The molecule has 0 bridgehead atoms. The van der Waals surface area contributed by atoms with Gasteiger partial charge in [0.2, 0.25) is 0 Å². The van der Waals surface area contributed by atoms with E-state index in [0.717, 1.165) is 6.54 Å². The molecule has 0 aliphatic rings. The van der Waals surface area contributed by atoms with E-state index >= 15 is 0 Å². The van der Waals surface area contributed by atoms with E-state index in [-0.39, 0.29) is 0 Å². The minimum atomic E-state index is 1.14. The fraction of sp³-hybridized carbons (Fsp3) is 0.700. The second-order valence-electron chi connectivity index (χ2n) is 6.30. The molecule has 0 amide bonds. The molecule has 1 aromatic rings. The van der Waals surface area contributed by atoms with Crippen LogP contribution in [0, 0.1) is 0 Å². The monoisotopic (exact) mass is 290 g/mol. The summed E-state index contributed by atoms with van der Waals surface area (Å²) in [6, 6.07) is 10.8. The number of benzene rings is 1. The number of unbranched alkanes of at least 4 members (excludes halogenated alkanes) is 10. The summed E-state index contributed by atoms with van der Waals surface area (Å²) in [6.07, 6.45) is 15.8. The van der Waals surface area contributed by atoms with Crippen LogP contribution in [0.1, 0.15) is 83.1 Å². The highest BCUT2D eigenvalue weighted by Crippen LogP contribution is 2.10. The molecular weight excluding hydrogens is 254 g/mol. The van der Waals surface area contributed by atoms with E-state index in [4.69, 9.17) is 0 Å². The van der Waals surface area contributed by atoms with Gasteiger partial charge in [-0.2, -0.15) is 0 Å². The molecule has 0 radical (unpaired) electrons. The first-order chi connectivity index (χ1) is 10.4. The van der Waals surface area contributed by atoms with Crippen LogP contribution in [-0.2, 0) is 6.54 Å². The predicted molar refractivity (Wildman–Crippen MR) is 93.4 cm³/mol. The number of nitrogens with two attached hydrogens (primary N) is 1. The van der Waals surface area contributed by atoms with Crippen molar-refractivity contribution in [1.29, 1.82) is 0 Å². The standard InChI is InChI=1S/C20H35N/c1-2-3-4-5-6-7-8-9-10-11-15-18-21-19-20-16-13-12-14-17-20/h12-14,16-17,21H,2-11,15,18-19H2,1H3/p+1.